The van der Waals surface area contributed by atoms with E-state index in [1.165, 1.54) is 18.4 Å². The Hall–Kier alpha value is -1.02. The lowest BCUT2D eigenvalue weighted by atomic mass is 9.87. The van der Waals surface area contributed by atoms with Crippen LogP contribution >= 0.6 is 0 Å². The monoisotopic (exact) mass is 275 g/mol. The van der Waals surface area contributed by atoms with Gasteiger partial charge in [-0.25, -0.2) is 0 Å². The smallest absolute Gasteiger partial charge is 0.0819 e. The molecule has 0 bridgehead atoms. The second kappa shape index (κ2) is 6.17. The number of benzene rings is 1. The number of anilines is 1. The van der Waals surface area contributed by atoms with Gasteiger partial charge in [-0.15, -0.1) is 0 Å². The molecule has 0 spiro atoms. The van der Waals surface area contributed by atoms with Gasteiger partial charge in [0.25, 0.3) is 0 Å². The van der Waals surface area contributed by atoms with Gasteiger partial charge in [0.2, 0.25) is 0 Å². The molecule has 2 nitrogen and oxygen atoms in total. The summed E-state index contributed by atoms with van der Waals surface area (Å²) < 4.78 is 0. The van der Waals surface area contributed by atoms with Gasteiger partial charge in [0.1, 0.15) is 0 Å². The van der Waals surface area contributed by atoms with Gasteiger partial charge in [-0.3, -0.25) is 0 Å². The third-order valence-electron chi connectivity index (χ3n) is 4.41. The maximum absolute atomic E-state index is 10.6. The third kappa shape index (κ3) is 4.24. The van der Waals surface area contributed by atoms with E-state index in [-0.39, 0.29) is 5.41 Å². The summed E-state index contributed by atoms with van der Waals surface area (Å²) in [6, 6.07) is 8.61. The standard InChI is InChI=1S/C18H29NO/c1-17(2,3)15-8-10-16(11-9-15)19-14-18(20)12-6-4-5-7-13-18/h8-11,19-20H,4-7,12-14H2,1-3H3. The van der Waals surface area contributed by atoms with Gasteiger partial charge in [-0.2, -0.15) is 0 Å². The average Bonchev–Trinajstić information content (AvgIpc) is 2.61. The fourth-order valence-electron chi connectivity index (χ4n) is 2.92. The Morgan fingerprint density at radius 1 is 1.00 bits per heavy atom. The molecule has 20 heavy (non-hydrogen) atoms. The van der Waals surface area contributed by atoms with Gasteiger partial charge in [0.05, 0.1) is 5.60 Å². The van der Waals surface area contributed by atoms with Gasteiger partial charge < -0.3 is 10.4 Å². The first-order chi connectivity index (χ1) is 9.39. The molecule has 112 valence electrons. The maximum atomic E-state index is 10.6. The van der Waals surface area contributed by atoms with Crippen molar-refractivity contribution in [3.8, 4) is 0 Å². The Labute approximate surface area is 123 Å². The van der Waals surface area contributed by atoms with Crippen LogP contribution in [0.15, 0.2) is 24.3 Å². The van der Waals surface area contributed by atoms with Gasteiger partial charge in [0, 0.05) is 12.2 Å². The van der Waals surface area contributed by atoms with E-state index in [0.29, 0.717) is 6.54 Å². The summed E-state index contributed by atoms with van der Waals surface area (Å²) in [5, 5.41) is 14.0. The molecule has 1 aliphatic rings. The summed E-state index contributed by atoms with van der Waals surface area (Å²) >= 11 is 0. The lowest BCUT2D eigenvalue weighted by Gasteiger charge is -2.27. The number of hydrogen-bond acceptors (Lipinski definition) is 2. The van der Waals surface area contributed by atoms with Crippen molar-refractivity contribution in [1.29, 1.82) is 0 Å². The summed E-state index contributed by atoms with van der Waals surface area (Å²) in [4.78, 5) is 0. The number of aliphatic hydroxyl groups is 1. The van der Waals surface area contributed by atoms with Crippen molar-refractivity contribution in [1.82, 2.24) is 0 Å². The van der Waals surface area contributed by atoms with E-state index in [2.05, 4.69) is 50.4 Å². The molecule has 2 rings (SSSR count). The van der Waals surface area contributed by atoms with Crippen molar-refractivity contribution in [3.63, 3.8) is 0 Å². The lowest BCUT2D eigenvalue weighted by Crippen LogP contribution is -2.36. The van der Waals surface area contributed by atoms with E-state index in [1.54, 1.807) is 0 Å². The normalized spacial score (nSPS) is 19.4. The predicted molar refractivity (Wildman–Crippen MR) is 86.3 cm³/mol. The average molecular weight is 275 g/mol. The second-order valence-electron chi connectivity index (χ2n) is 7.32. The summed E-state index contributed by atoms with van der Waals surface area (Å²) in [6.07, 6.45) is 6.70. The molecule has 1 aliphatic carbocycles. The van der Waals surface area contributed by atoms with Crippen LogP contribution in [-0.2, 0) is 5.41 Å². The first-order valence-electron chi connectivity index (χ1n) is 7.96. The molecule has 0 saturated heterocycles. The molecular formula is C18H29NO. The van der Waals surface area contributed by atoms with Crippen molar-refractivity contribution >= 4 is 5.69 Å². The van der Waals surface area contributed by atoms with Gasteiger partial charge >= 0.3 is 0 Å². The summed E-state index contributed by atoms with van der Waals surface area (Å²) in [5.41, 5.74) is 2.13. The highest BCUT2D eigenvalue weighted by molar-refractivity contribution is 5.46. The van der Waals surface area contributed by atoms with Crippen LogP contribution in [0.2, 0.25) is 0 Å². The van der Waals surface area contributed by atoms with Gasteiger partial charge in [-0.05, 0) is 36.0 Å². The Morgan fingerprint density at radius 2 is 1.55 bits per heavy atom. The highest BCUT2D eigenvalue weighted by Gasteiger charge is 2.27. The fraction of sp³-hybridized carbons (Fsp3) is 0.667. The summed E-state index contributed by atoms with van der Waals surface area (Å²) in [7, 11) is 0. The molecule has 1 saturated carbocycles. The van der Waals surface area contributed by atoms with E-state index >= 15 is 0 Å². The molecule has 2 N–H and O–H groups in total. The molecule has 0 unspecified atom stereocenters. The van der Waals surface area contributed by atoms with Crippen LogP contribution in [0.25, 0.3) is 0 Å². The van der Waals surface area contributed by atoms with Crippen LogP contribution < -0.4 is 5.32 Å². The van der Waals surface area contributed by atoms with Crippen molar-refractivity contribution in [2.24, 2.45) is 0 Å². The van der Waals surface area contributed by atoms with Crippen molar-refractivity contribution in [2.75, 3.05) is 11.9 Å². The van der Waals surface area contributed by atoms with Crippen LogP contribution in [-0.4, -0.2) is 17.3 Å². The minimum absolute atomic E-state index is 0.192. The van der Waals surface area contributed by atoms with Gasteiger partial charge in [-0.1, -0.05) is 58.6 Å². The van der Waals surface area contributed by atoms with Crippen molar-refractivity contribution < 1.29 is 5.11 Å². The van der Waals surface area contributed by atoms with E-state index < -0.39 is 5.60 Å². The third-order valence-corrected chi connectivity index (χ3v) is 4.41. The zero-order valence-corrected chi connectivity index (χ0v) is 13.2. The van der Waals surface area contributed by atoms with E-state index in [1.807, 2.05) is 0 Å². The lowest BCUT2D eigenvalue weighted by molar-refractivity contribution is 0.0381. The molecule has 0 atom stereocenters. The first kappa shape index (κ1) is 15.4. The molecule has 0 aliphatic heterocycles. The molecule has 0 aromatic heterocycles. The van der Waals surface area contributed by atoms with Gasteiger partial charge in [0.15, 0.2) is 0 Å². The van der Waals surface area contributed by atoms with Crippen LogP contribution in [0, 0.1) is 0 Å². The molecule has 0 radical (unpaired) electrons. The molecule has 2 heteroatoms. The fourth-order valence-corrected chi connectivity index (χ4v) is 2.92. The predicted octanol–water partition coefficient (Wildman–Crippen LogP) is 4.48. The van der Waals surface area contributed by atoms with E-state index in [9.17, 15) is 5.11 Å². The Kier molecular flexibility index (Phi) is 4.74. The topological polar surface area (TPSA) is 32.3 Å². The molecule has 0 heterocycles. The Balaban J connectivity index is 1.93. The van der Waals surface area contributed by atoms with Crippen LogP contribution in [0.1, 0.15) is 64.9 Å². The molecule has 0 amide bonds. The SMILES string of the molecule is CC(C)(C)c1ccc(NCC2(O)CCCCCC2)cc1. The second-order valence-corrected chi connectivity index (χ2v) is 7.32. The van der Waals surface area contributed by atoms with E-state index in [0.717, 1.165) is 31.4 Å². The Morgan fingerprint density at radius 3 is 2.05 bits per heavy atom. The van der Waals surface area contributed by atoms with Crippen molar-refractivity contribution in [2.45, 2.75) is 70.3 Å². The minimum atomic E-state index is -0.515. The number of rotatable bonds is 3. The summed E-state index contributed by atoms with van der Waals surface area (Å²) in [6.45, 7) is 7.35. The number of hydrogen-bond donors (Lipinski definition) is 2. The maximum Gasteiger partial charge on any atom is 0.0819 e. The van der Waals surface area contributed by atoms with Crippen LogP contribution in [0.5, 0.6) is 0 Å². The number of nitrogens with one attached hydrogen (secondary N) is 1. The first-order valence-corrected chi connectivity index (χ1v) is 7.96. The largest absolute Gasteiger partial charge is 0.388 e. The van der Waals surface area contributed by atoms with Crippen molar-refractivity contribution in [3.05, 3.63) is 29.8 Å². The zero-order valence-electron chi connectivity index (χ0n) is 13.2. The quantitative estimate of drug-likeness (QED) is 0.797. The Bertz CT molecular complexity index is 408. The van der Waals surface area contributed by atoms with Crippen LogP contribution in [0.4, 0.5) is 5.69 Å². The van der Waals surface area contributed by atoms with E-state index in [4.69, 9.17) is 0 Å². The highest BCUT2D eigenvalue weighted by Crippen LogP contribution is 2.28. The molecule has 1 fully saturated rings. The minimum Gasteiger partial charge on any atom is -0.388 e. The van der Waals surface area contributed by atoms with Crippen LogP contribution in [0.3, 0.4) is 0 Å². The zero-order chi connectivity index (χ0) is 14.6. The summed E-state index contributed by atoms with van der Waals surface area (Å²) in [5.74, 6) is 0. The highest BCUT2D eigenvalue weighted by atomic mass is 16.3. The molecule has 1 aromatic carbocycles. The molecule has 1 aromatic rings. The molecular weight excluding hydrogens is 246 g/mol.